The Morgan fingerprint density at radius 3 is 2.79 bits per heavy atom. The fourth-order valence-corrected chi connectivity index (χ4v) is 1.77. The zero-order valence-electron chi connectivity index (χ0n) is 10.5. The van der Waals surface area contributed by atoms with Crippen molar-refractivity contribution in [2.75, 3.05) is 6.54 Å². The minimum Gasteiger partial charge on any atom is -0.393 e. The first-order chi connectivity index (χ1) is 9.09. The molecule has 0 saturated carbocycles. The lowest BCUT2D eigenvalue weighted by molar-refractivity contribution is 0.0941. The average Bonchev–Trinajstić information content (AvgIpc) is 2.39. The van der Waals surface area contributed by atoms with Crippen molar-refractivity contribution in [1.29, 1.82) is 0 Å². The van der Waals surface area contributed by atoms with Crippen molar-refractivity contribution >= 4 is 16.7 Å². The van der Waals surface area contributed by atoms with Crippen LogP contribution in [-0.4, -0.2) is 33.9 Å². The third kappa shape index (κ3) is 2.97. The minimum atomic E-state index is -0.472. The second-order valence-corrected chi connectivity index (χ2v) is 4.34. The lowest BCUT2D eigenvalue weighted by Gasteiger charge is -2.07. The maximum absolute atomic E-state index is 12.0. The molecule has 0 aliphatic rings. The Morgan fingerprint density at radius 1 is 1.42 bits per heavy atom. The SMILES string of the molecule is CC(O)CCNC(=O)c1n[nH]c(=O)c2ccccc12. The molecule has 1 amide bonds. The van der Waals surface area contributed by atoms with Crippen LogP contribution >= 0.6 is 0 Å². The van der Waals surface area contributed by atoms with Crippen molar-refractivity contribution in [3.8, 4) is 0 Å². The van der Waals surface area contributed by atoms with E-state index in [0.29, 0.717) is 23.7 Å². The largest absolute Gasteiger partial charge is 0.393 e. The summed E-state index contributed by atoms with van der Waals surface area (Å²) in [5, 5.41) is 18.8. The number of hydrogen-bond donors (Lipinski definition) is 3. The van der Waals surface area contributed by atoms with Gasteiger partial charge in [0, 0.05) is 11.9 Å². The van der Waals surface area contributed by atoms with E-state index < -0.39 is 6.10 Å². The van der Waals surface area contributed by atoms with Gasteiger partial charge in [0.1, 0.15) is 0 Å². The predicted octanol–water partition coefficient (Wildman–Crippen LogP) is 0.424. The molecule has 1 aromatic carbocycles. The van der Waals surface area contributed by atoms with Crippen LogP contribution in [0.1, 0.15) is 23.8 Å². The van der Waals surface area contributed by atoms with Gasteiger partial charge in [-0.2, -0.15) is 5.10 Å². The van der Waals surface area contributed by atoms with Crippen LogP contribution in [0.3, 0.4) is 0 Å². The van der Waals surface area contributed by atoms with E-state index in [1.165, 1.54) is 0 Å². The van der Waals surface area contributed by atoms with Crippen LogP contribution in [-0.2, 0) is 0 Å². The van der Waals surface area contributed by atoms with Gasteiger partial charge >= 0.3 is 0 Å². The molecule has 1 atom stereocenters. The molecule has 2 aromatic rings. The van der Waals surface area contributed by atoms with Crippen LogP contribution in [0.25, 0.3) is 10.8 Å². The van der Waals surface area contributed by atoms with Crippen LogP contribution in [0.5, 0.6) is 0 Å². The molecule has 100 valence electrons. The summed E-state index contributed by atoms with van der Waals surface area (Å²) in [4.78, 5) is 23.5. The van der Waals surface area contributed by atoms with E-state index in [-0.39, 0.29) is 17.2 Å². The molecule has 6 nitrogen and oxygen atoms in total. The summed E-state index contributed by atoms with van der Waals surface area (Å²) in [5.74, 6) is -0.367. The number of aromatic amines is 1. The molecule has 19 heavy (non-hydrogen) atoms. The first kappa shape index (κ1) is 13.2. The number of amides is 1. The van der Waals surface area contributed by atoms with Crippen LogP contribution in [0, 0.1) is 0 Å². The molecular weight excluding hydrogens is 246 g/mol. The van der Waals surface area contributed by atoms with Crippen LogP contribution < -0.4 is 10.9 Å². The summed E-state index contributed by atoms with van der Waals surface area (Å²) in [6.45, 7) is 2.01. The molecule has 0 spiro atoms. The molecule has 0 saturated heterocycles. The molecule has 6 heteroatoms. The van der Waals surface area contributed by atoms with Crippen molar-refractivity contribution in [2.45, 2.75) is 19.4 Å². The van der Waals surface area contributed by atoms with Gasteiger partial charge in [0.25, 0.3) is 11.5 Å². The van der Waals surface area contributed by atoms with Gasteiger partial charge in [-0.05, 0) is 19.4 Å². The number of carbonyl (C=O) groups is 1. The van der Waals surface area contributed by atoms with E-state index in [4.69, 9.17) is 5.11 Å². The Bertz CT molecular complexity index is 649. The van der Waals surface area contributed by atoms with Crippen molar-refractivity contribution in [1.82, 2.24) is 15.5 Å². The third-order valence-corrected chi connectivity index (χ3v) is 2.76. The van der Waals surface area contributed by atoms with Gasteiger partial charge < -0.3 is 10.4 Å². The summed E-state index contributed by atoms with van der Waals surface area (Å²) >= 11 is 0. The maximum Gasteiger partial charge on any atom is 0.272 e. The van der Waals surface area contributed by atoms with Gasteiger partial charge in [0.15, 0.2) is 5.69 Å². The standard InChI is InChI=1S/C13H15N3O3/c1-8(17)6-7-14-13(19)11-9-4-2-3-5-10(9)12(18)16-15-11/h2-5,8,17H,6-7H2,1H3,(H,14,19)(H,16,18). The fraction of sp³-hybridized carbons (Fsp3) is 0.308. The highest BCUT2D eigenvalue weighted by Gasteiger charge is 2.13. The number of nitrogens with zero attached hydrogens (tertiary/aromatic N) is 1. The number of aliphatic hydroxyl groups is 1. The van der Waals surface area contributed by atoms with Gasteiger partial charge in [-0.25, -0.2) is 5.10 Å². The zero-order chi connectivity index (χ0) is 13.8. The summed E-state index contributed by atoms with van der Waals surface area (Å²) in [6, 6.07) is 6.80. The molecule has 3 N–H and O–H groups in total. The lowest BCUT2D eigenvalue weighted by atomic mass is 10.1. The second kappa shape index (κ2) is 5.62. The molecule has 1 aromatic heterocycles. The maximum atomic E-state index is 12.0. The lowest BCUT2D eigenvalue weighted by Crippen LogP contribution is -2.28. The smallest absolute Gasteiger partial charge is 0.272 e. The average molecular weight is 261 g/mol. The van der Waals surface area contributed by atoms with Crippen LogP contribution in [0.2, 0.25) is 0 Å². The van der Waals surface area contributed by atoms with Crippen molar-refractivity contribution in [3.63, 3.8) is 0 Å². The molecule has 1 unspecified atom stereocenters. The van der Waals surface area contributed by atoms with E-state index in [1.807, 2.05) is 0 Å². The highest BCUT2D eigenvalue weighted by atomic mass is 16.3. The number of rotatable bonds is 4. The van der Waals surface area contributed by atoms with Gasteiger partial charge in [-0.1, -0.05) is 18.2 Å². The first-order valence-electron chi connectivity index (χ1n) is 6.03. The molecule has 0 aliphatic heterocycles. The number of H-pyrrole nitrogens is 1. The number of nitrogens with one attached hydrogen (secondary N) is 2. The number of hydrogen-bond acceptors (Lipinski definition) is 4. The molecular formula is C13H15N3O3. The highest BCUT2D eigenvalue weighted by Crippen LogP contribution is 2.11. The van der Waals surface area contributed by atoms with Gasteiger partial charge in [-0.15, -0.1) is 0 Å². The second-order valence-electron chi connectivity index (χ2n) is 4.34. The van der Waals surface area contributed by atoms with Gasteiger partial charge in [0.05, 0.1) is 11.5 Å². The summed E-state index contributed by atoms with van der Waals surface area (Å²) in [7, 11) is 0. The normalized spacial score (nSPS) is 12.3. The predicted molar refractivity (Wildman–Crippen MR) is 71.0 cm³/mol. The van der Waals surface area contributed by atoms with Crippen molar-refractivity contribution in [2.24, 2.45) is 0 Å². The van der Waals surface area contributed by atoms with Crippen molar-refractivity contribution in [3.05, 3.63) is 40.3 Å². The third-order valence-electron chi connectivity index (χ3n) is 2.76. The molecule has 1 heterocycles. The molecule has 2 rings (SSSR count). The molecule has 0 fully saturated rings. The zero-order valence-corrected chi connectivity index (χ0v) is 10.5. The number of fused-ring (bicyclic) bond motifs is 1. The minimum absolute atomic E-state index is 0.181. The van der Waals surface area contributed by atoms with E-state index in [2.05, 4.69) is 15.5 Å². The highest BCUT2D eigenvalue weighted by molar-refractivity contribution is 6.04. The molecule has 0 radical (unpaired) electrons. The number of aliphatic hydroxyl groups excluding tert-OH is 1. The quantitative estimate of drug-likeness (QED) is 0.743. The number of carbonyl (C=O) groups excluding carboxylic acids is 1. The van der Waals surface area contributed by atoms with E-state index in [1.54, 1.807) is 31.2 Å². The number of aromatic nitrogens is 2. The molecule has 0 aliphatic carbocycles. The number of benzene rings is 1. The first-order valence-corrected chi connectivity index (χ1v) is 6.03. The van der Waals surface area contributed by atoms with Crippen LogP contribution in [0.15, 0.2) is 29.1 Å². The Balaban J connectivity index is 2.28. The van der Waals surface area contributed by atoms with Crippen LogP contribution in [0.4, 0.5) is 0 Å². The van der Waals surface area contributed by atoms with Gasteiger partial charge in [-0.3, -0.25) is 9.59 Å². The van der Waals surface area contributed by atoms with Gasteiger partial charge in [0.2, 0.25) is 0 Å². The van der Waals surface area contributed by atoms with Crippen molar-refractivity contribution < 1.29 is 9.90 Å². The Hall–Kier alpha value is -2.21. The Morgan fingerprint density at radius 2 is 2.11 bits per heavy atom. The van der Waals surface area contributed by atoms with E-state index in [9.17, 15) is 9.59 Å². The molecule has 0 bridgehead atoms. The summed E-state index contributed by atoms with van der Waals surface area (Å²) in [6.07, 6.45) is -0.00638. The van der Waals surface area contributed by atoms with E-state index in [0.717, 1.165) is 0 Å². The monoisotopic (exact) mass is 261 g/mol. The summed E-state index contributed by atoms with van der Waals surface area (Å²) in [5.41, 5.74) is -0.142. The summed E-state index contributed by atoms with van der Waals surface area (Å²) < 4.78 is 0. The van der Waals surface area contributed by atoms with E-state index >= 15 is 0 Å². The fourth-order valence-electron chi connectivity index (χ4n) is 1.77. The Labute approximate surface area is 109 Å². The topological polar surface area (TPSA) is 95.1 Å². The Kier molecular flexibility index (Phi) is 3.91.